The van der Waals surface area contributed by atoms with E-state index in [1.54, 1.807) is 18.2 Å². The van der Waals surface area contributed by atoms with E-state index in [2.05, 4.69) is 17.2 Å². The highest BCUT2D eigenvalue weighted by molar-refractivity contribution is 7.89. The van der Waals surface area contributed by atoms with Crippen LogP contribution < -0.4 is 5.32 Å². The van der Waals surface area contributed by atoms with Gasteiger partial charge in [0.15, 0.2) is 0 Å². The number of aryl methyl sites for hydroxylation is 1. The highest BCUT2D eigenvalue weighted by atomic mass is 32.2. The SMILES string of the molecule is Cc1nc2ccc(S(=O)(=O)N(CC(=O)NC3CCC(C)CC3)Cc3ccccc3)cc2s1. The lowest BCUT2D eigenvalue weighted by atomic mass is 9.87. The number of benzene rings is 2. The Balaban J connectivity index is 1.57. The summed E-state index contributed by atoms with van der Waals surface area (Å²) in [7, 11) is -3.87. The number of carbonyl (C=O) groups excluding carboxylic acids is 1. The molecule has 0 atom stereocenters. The summed E-state index contributed by atoms with van der Waals surface area (Å²) in [6.45, 7) is 4.06. The van der Waals surface area contributed by atoms with Crippen LogP contribution in [-0.4, -0.2) is 36.2 Å². The molecule has 0 spiro atoms. The summed E-state index contributed by atoms with van der Waals surface area (Å²) < 4.78 is 29.3. The van der Waals surface area contributed by atoms with E-state index in [-0.39, 0.29) is 29.9 Å². The number of sulfonamides is 1. The van der Waals surface area contributed by atoms with Crippen molar-refractivity contribution >= 4 is 37.5 Å². The summed E-state index contributed by atoms with van der Waals surface area (Å²) in [5.41, 5.74) is 1.62. The summed E-state index contributed by atoms with van der Waals surface area (Å²) in [5, 5.41) is 3.95. The van der Waals surface area contributed by atoms with Crippen molar-refractivity contribution in [2.75, 3.05) is 6.54 Å². The standard InChI is InChI=1S/C24H29N3O3S2/c1-17-8-10-20(11-9-17)26-24(28)16-27(15-19-6-4-3-5-7-19)32(29,30)21-12-13-22-23(14-21)31-18(2)25-22/h3-7,12-14,17,20H,8-11,15-16H2,1-2H3,(H,26,28). The van der Waals surface area contributed by atoms with Crippen molar-refractivity contribution in [2.45, 2.75) is 57.0 Å². The largest absolute Gasteiger partial charge is 0.352 e. The molecule has 32 heavy (non-hydrogen) atoms. The van der Waals surface area contributed by atoms with Crippen LogP contribution in [0, 0.1) is 12.8 Å². The van der Waals surface area contributed by atoms with Gasteiger partial charge in [-0.05, 0) is 62.3 Å². The quantitative estimate of drug-likeness (QED) is 0.551. The predicted molar refractivity (Wildman–Crippen MR) is 128 cm³/mol. The van der Waals surface area contributed by atoms with Crippen LogP contribution in [0.4, 0.5) is 0 Å². The van der Waals surface area contributed by atoms with E-state index in [0.717, 1.165) is 46.5 Å². The van der Waals surface area contributed by atoms with Gasteiger partial charge in [0.05, 0.1) is 26.7 Å². The Hall–Kier alpha value is -2.29. The van der Waals surface area contributed by atoms with Crippen molar-refractivity contribution < 1.29 is 13.2 Å². The molecule has 3 aromatic rings. The zero-order valence-corrected chi connectivity index (χ0v) is 20.1. The fourth-order valence-corrected chi connectivity index (χ4v) is 6.53. The highest BCUT2D eigenvalue weighted by Crippen LogP contribution is 2.27. The second-order valence-corrected chi connectivity index (χ2v) is 11.8. The Bertz CT molecular complexity index is 1180. The van der Waals surface area contributed by atoms with E-state index in [9.17, 15) is 13.2 Å². The monoisotopic (exact) mass is 471 g/mol. The maximum absolute atomic E-state index is 13.6. The van der Waals surface area contributed by atoms with Crippen molar-refractivity contribution in [2.24, 2.45) is 5.92 Å². The molecule has 1 N–H and O–H groups in total. The molecule has 1 heterocycles. The molecule has 1 aromatic heterocycles. The number of fused-ring (bicyclic) bond motifs is 1. The van der Waals surface area contributed by atoms with Gasteiger partial charge >= 0.3 is 0 Å². The molecule has 1 aliphatic carbocycles. The van der Waals surface area contributed by atoms with Crippen LogP contribution in [0.25, 0.3) is 10.2 Å². The molecule has 8 heteroatoms. The van der Waals surface area contributed by atoms with Crippen molar-refractivity contribution in [3.05, 3.63) is 59.1 Å². The molecule has 1 amide bonds. The van der Waals surface area contributed by atoms with Gasteiger partial charge in [-0.1, -0.05) is 37.3 Å². The number of rotatable bonds is 7. The first-order valence-corrected chi connectivity index (χ1v) is 13.3. The second kappa shape index (κ2) is 9.68. The smallest absolute Gasteiger partial charge is 0.243 e. The van der Waals surface area contributed by atoms with Gasteiger partial charge in [0.2, 0.25) is 15.9 Å². The number of nitrogens with zero attached hydrogens (tertiary/aromatic N) is 2. The van der Waals surface area contributed by atoms with Crippen molar-refractivity contribution in [1.82, 2.24) is 14.6 Å². The third-order valence-corrected chi connectivity index (χ3v) is 8.73. The fourth-order valence-electron chi connectivity index (χ4n) is 4.18. The van der Waals surface area contributed by atoms with E-state index in [4.69, 9.17) is 0 Å². The summed E-state index contributed by atoms with van der Waals surface area (Å²) in [6, 6.07) is 14.5. The van der Waals surface area contributed by atoms with Gasteiger partial charge in [0, 0.05) is 12.6 Å². The zero-order chi connectivity index (χ0) is 22.7. The zero-order valence-electron chi connectivity index (χ0n) is 18.5. The molecule has 4 rings (SSSR count). The molecule has 0 unspecified atom stereocenters. The molecule has 0 radical (unpaired) electrons. The lowest BCUT2D eigenvalue weighted by Gasteiger charge is -2.28. The summed E-state index contributed by atoms with van der Waals surface area (Å²) in [5.74, 6) is 0.433. The minimum absolute atomic E-state index is 0.122. The van der Waals surface area contributed by atoms with Crippen molar-refractivity contribution in [3.8, 4) is 0 Å². The Morgan fingerprint density at radius 1 is 1.12 bits per heavy atom. The molecule has 1 saturated carbocycles. The first-order chi connectivity index (χ1) is 15.3. The van der Waals surface area contributed by atoms with Crippen LogP contribution in [0.15, 0.2) is 53.4 Å². The van der Waals surface area contributed by atoms with Crippen LogP contribution in [-0.2, 0) is 21.4 Å². The van der Waals surface area contributed by atoms with Gasteiger partial charge in [-0.15, -0.1) is 11.3 Å². The molecule has 1 fully saturated rings. The molecule has 6 nitrogen and oxygen atoms in total. The first-order valence-electron chi connectivity index (χ1n) is 11.0. The predicted octanol–water partition coefficient (Wildman–Crippen LogP) is 4.49. The van der Waals surface area contributed by atoms with Crippen LogP contribution >= 0.6 is 11.3 Å². The van der Waals surface area contributed by atoms with Crippen molar-refractivity contribution in [3.63, 3.8) is 0 Å². The Kier molecular flexibility index (Phi) is 6.93. The summed E-state index contributed by atoms with van der Waals surface area (Å²) in [6.07, 6.45) is 4.07. The Morgan fingerprint density at radius 2 is 1.84 bits per heavy atom. The number of amides is 1. The van der Waals surface area contributed by atoms with E-state index in [1.165, 1.54) is 15.6 Å². The van der Waals surface area contributed by atoms with Gasteiger partial charge in [0.1, 0.15) is 0 Å². The molecular formula is C24H29N3O3S2. The highest BCUT2D eigenvalue weighted by Gasteiger charge is 2.29. The van der Waals surface area contributed by atoms with Gasteiger partial charge < -0.3 is 5.32 Å². The van der Waals surface area contributed by atoms with Crippen LogP contribution in [0.2, 0.25) is 0 Å². The van der Waals surface area contributed by atoms with Gasteiger partial charge in [0.25, 0.3) is 0 Å². The maximum atomic E-state index is 13.6. The summed E-state index contributed by atoms with van der Waals surface area (Å²) >= 11 is 1.46. The van der Waals surface area contributed by atoms with Crippen molar-refractivity contribution in [1.29, 1.82) is 0 Å². The third kappa shape index (κ3) is 5.36. The van der Waals surface area contributed by atoms with E-state index in [1.807, 2.05) is 37.3 Å². The van der Waals surface area contributed by atoms with Gasteiger partial charge in [-0.25, -0.2) is 13.4 Å². The van der Waals surface area contributed by atoms with Gasteiger partial charge in [-0.3, -0.25) is 4.79 Å². The molecule has 2 aromatic carbocycles. The summed E-state index contributed by atoms with van der Waals surface area (Å²) in [4.78, 5) is 17.5. The normalized spacial score (nSPS) is 19.3. The minimum atomic E-state index is -3.87. The second-order valence-electron chi connectivity index (χ2n) is 8.65. The average Bonchev–Trinajstić information content (AvgIpc) is 3.15. The number of nitrogens with one attached hydrogen (secondary N) is 1. The van der Waals surface area contributed by atoms with E-state index in [0.29, 0.717) is 5.92 Å². The Morgan fingerprint density at radius 3 is 2.56 bits per heavy atom. The topological polar surface area (TPSA) is 79.4 Å². The van der Waals surface area contributed by atoms with E-state index >= 15 is 0 Å². The van der Waals surface area contributed by atoms with Crippen LogP contribution in [0.5, 0.6) is 0 Å². The Labute approximate surface area is 193 Å². The number of hydrogen-bond donors (Lipinski definition) is 1. The number of hydrogen-bond acceptors (Lipinski definition) is 5. The van der Waals surface area contributed by atoms with Crippen LogP contribution in [0.3, 0.4) is 0 Å². The minimum Gasteiger partial charge on any atom is -0.352 e. The molecular weight excluding hydrogens is 442 g/mol. The third-order valence-electron chi connectivity index (χ3n) is 6.01. The van der Waals surface area contributed by atoms with Gasteiger partial charge in [-0.2, -0.15) is 4.31 Å². The maximum Gasteiger partial charge on any atom is 0.243 e. The molecule has 0 bridgehead atoms. The lowest BCUT2D eigenvalue weighted by molar-refractivity contribution is -0.122. The van der Waals surface area contributed by atoms with E-state index < -0.39 is 10.0 Å². The average molecular weight is 472 g/mol. The number of thiazole rings is 1. The lowest BCUT2D eigenvalue weighted by Crippen LogP contribution is -2.44. The molecule has 0 saturated heterocycles. The fraction of sp³-hybridized carbons (Fsp3) is 0.417. The number of carbonyl (C=O) groups is 1. The first kappa shape index (κ1) is 22.9. The molecule has 1 aliphatic rings. The molecule has 0 aliphatic heterocycles. The number of aromatic nitrogens is 1. The molecule has 170 valence electrons. The van der Waals surface area contributed by atoms with Crippen LogP contribution in [0.1, 0.15) is 43.2 Å².